The van der Waals surface area contributed by atoms with E-state index < -0.39 is 0 Å². The normalized spacial score (nSPS) is 21.3. The maximum Gasteiger partial charge on any atom is 0.126 e. The fourth-order valence-corrected chi connectivity index (χ4v) is 2.66. The second-order valence-electron chi connectivity index (χ2n) is 5.00. The van der Waals surface area contributed by atoms with Crippen LogP contribution in [0, 0.1) is 6.92 Å². The molecule has 3 rings (SSSR count). The molecular weight excluding hydrogens is 226 g/mol. The Morgan fingerprint density at radius 3 is 3.06 bits per heavy atom. The number of aromatic nitrogens is 2. The van der Waals surface area contributed by atoms with Crippen LogP contribution in [-0.2, 0) is 0 Å². The van der Waals surface area contributed by atoms with Gasteiger partial charge in [-0.05, 0) is 45.4 Å². The van der Waals surface area contributed by atoms with Crippen LogP contribution >= 0.6 is 0 Å². The van der Waals surface area contributed by atoms with Gasteiger partial charge < -0.3 is 14.3 Å². The summed E-state index contributed by atoms with van der Waals surface area (Å²) in [6.07, 6.45) is 6.30. The summed E-state index contributed by atoms with van der Waals surface area (Å²) in [7, 11) is 0. The predicted molar refractivity (Wildman–Crippen MR) is 69.5 cm³/mol. The molecule has 0 saturated carbocycles. The molecule has 1 fully saturated rings. The Morgan fingerprint density at radius 2 is 2.39 bits per heavy atom. The summed E-state index contributed by atoms with van der Waals surface area (Å²) in [5, 5.41) is 3.52. The first-order chi connectivity index (χ1) is 8.75. The van der Waals surface area contributed by atoms with E-state index in [4.69, 9.17) is 4.42 Å². The smallest absolute Gasteiger partial charge is 0.126 e. The molecule has 4 heteroatoms. The summed E-state index contributed by atoms with van der Waals surface area (Å²) >= 11 is 0. The van der Waals surface area contributed by atoms with Crippen LogP contribution < -0.4 is 5.32 Å². The summed E-state index contributed by atoms with van der Waals surface area (Å²) in [6.45, 7) is 5.23. The van der Waals surface area contributed by atoms with Crippen molar-refractivity contribution in [3.05, 3.63) is 41.9 Å². The molecule has 0 radical (unpaired) electrons. The van der Waals surface area contributed by atoms with E-state index in [0.29, 0.717) is 6.04 Å². The molecule has 2 aromatic rings. The molecule has 2 aromatic heterocycles. The molecule has 1 N–H and O–H groups in total. The van der Waals surface area contributed by atoms with Crippen LogP contribution in [0.15, 0.2) is 29.1 Å². The Balaban J connectivity index is 1.89. The summed E-state index contributed by atoms with van der Waals surface area (Å²) in [6, 6.07) is 4.69. The fraction of sp³-hybridized carbons (Fsp3) is 0.500. The minimum absolute atomic E-state index is 0.193. The molecule has 0 spiro atoms. The lowest BCUT2D eigenvalue weighted by Gasteiger charge is -2.18. The van der Waals surface area contributed by atoms with Crippen molar-refractivity contribution < 1.29 is 4.42 Å². The molecule has 2 atom stereocenters. The van der Waals surface area contributed by atoms with Gasteiger partial charge in [-0.25, -0.2) is 4.98 Å². The van der Waals surface area contributed by atoms with E-state index in [-0.39, 0.29) is 6.04 Å². The Bertz CT molecular complexity index is 523. The van der Waals surface area contributed by atoms with E-state index >= 15 is 0 Å². The van der Waals surface area contributed by atoms with Crippen LogP contribution in [-0.4, -0.2) is 16.1 Å². The first kappa shape index (κ1) is 11.5. The van der Waals surface area contributed by atoms with Crippen LogP contribution in [0.25, 0.3) is 0 Å². The quantitative estimate of drug-likeness (QED) is 0.904. The summed E-state index contributed by atoms with van der Waals surface area (Å²) in [4.78, 5) is 4.30. The Morgan fingerprint density at radius 1 is 1.50 bits per heavy atom. The molecule has 0 bridgehead atoms. The van der Waals surface area contributed by atoms with E-state index in [0.717, 1.165) is 18.1 Å². The number of imidazole rings is 1. The van der Waals surface area contributed by atoms with E-state index in [9.17, 15) is 0 Å². The lowest BCUT2D eigenvalue weighted by atomic mass is 10.1. The van der Waals surface area contributed by atoms with Crippen molar-refractivity contribution >= 4 is 0 Å². The average molecular weight is 245 g/mol. The van der Waals surface area contributed by atoms with Crippen LogP contribution in [0.4, 0.5) is 0 Å². The van der Waals surface area contributed by atoms with Gasteiger partial charge in [0.1, 0.15) is 11.5 Å². The van der Waals surface area contributed by atoms with Gasteiger partial charge in [0.2, 0.25) is 0 Å². The second kappa shape index (κ2) is 4.61. The number of nitrogens with one attached hydrogen (secondary N) is 1. The van der Waals surface area contributed by atoms with Crippen molar-refractivity contribution in [3.8, 4) is 0 Å². The molecule has 4 nitrogen and oxygen atoms in total. The highest BCUT2D eigenvalue weighted by Gasteiger charge is 2.23. The van der Waals surface area contributed by atoms with Gasteiger partial charge in [0.05, 0.1) is 18.1 Å². The van der Waals surface area contributed by atoms with E-state index in [2.05, 4.69) is 21.8 Å². The summed E-state index contributed by atoms with van der Waals surface area (Å²) in [5.41, 5.74) is 1.26. The lowest BCUT2D eigenvalue weighted by Crippen LogP contribution is -2.18. The van der Waals surface area contributed by atoms with Gasteiger partial charge in [-0.2, -0.15) is 0 Å². The largest absolute Gasteiger partial charge is 0.464 e. The van der Waals surface area contributed by atoms with E-state index in [1.165, 1.54) is 18.5 Å². The Hall–Kier alpha value is -1.55. The number of hydrogen-bond donors (Lipinski definition) is 1. The first-order valence-electron chi connectivity index (χ1n) is 6.57. The third kappa shape index (κ3) is 1.97. The highest BCUT2D eigenvalue weighted by Crippen LogP contribution is 2.28. The molecule has 1 aliphatic heterocycles. The number of rotatable bonds is 3. The van der Waals surface area contributed by atoms with Crippen molar-refractivity contribution in [2.24, 2.45) is 0 Å². The fourth-order valence-electron chi connectivity index (χ4n) is 2.66. The van der Waals surface area contributed by atoms with Crippen LogP contribution in [0.5, 0.6) is 0 Å². The highest BCUT2D eigenvalue weighted by molar-refractivity contribution is 5.15. The average Bonchev–Trinajstić information content (AvgIpc) is 3.08. The zero-order valence-electron chi connectivity index (χ0n) is 10.9. The van der Waals surface area contributed by atoms with Crippen molar-refractivity contribution in [3.63, 3.8) is 0 Å². The van der Waals surface area contributed by atoms with Gasteiger partial charge in [0, 0.05) is 12.2 Å². The summed E-state index contributed by atoms with van der Waals surface area (Å²) in [5.74, 6) is 1.95. The van der Waals surface area contributed by atoms with E-state index in [1.54, 1.807) is 0 Å². The van der Waals surface area contributed by atoms with Crippen molar-refractivity contribution in [2.45, 2.75) is 38.8 Å². The van der Waals surface area contributed by atoms with Crippen LogP contribution in [0.1, 0.15) is 49.1 Å². The minimum Gasteiger partial charge on any atom is -0.464 e. The van der Waals surface area contributed by atoms with E-state index in [1.807, 2.05) is 31.6 Å². The molecule has 1 saturated heterocycles. The highest BCUT2D eigenvalue weighted by atomic mass is 16.3. The van der Waals surface area contributed by atoms with Gasteiger partial charge in [0.25, 0.3) is 0 Å². The topological polar surface area (TPSA) is 43.0 Å². The Labute approximate surface area is 107 Å². The van der Waals surface area contributed by atoms with Crippen LogP contribution in [0.2, 0.25) is 0 Å². The zero-order chi connectivity index (χ0) is 12.5. The number of nitrogens with zero attached hydrogens (tertiary/aromatic N) is 2. The molecule has 0 aromatic carbocycles. The van der Waals surface area contributed by atoms with Crippen molar-refractivity contribution in [2.75, 3.05) is 6.54 Å². The standard InChI is InChI=1S/C14H19N3O/c1-10-5-6-14(18-10)11(2)17-9-15-8-13(17)12-4-3-7-16-12/h5-6,8-9,11-12,16H,3-4,7H2,1-2H3/t11?,12-/m0/s1. The molecule has 96 valence electrons. The second-order valence-corrected chi connectivity index (χ2v) is 5.00. The van der Waals surface area contributed by atoms with Crippen molar-refractivity contribution in [1.29, 1.82) is 0 Å². The Kier molecular flexibility index (Phi) is 2.96. The molecule has 3 heterocycles. The molecule has 18 heavy (non-hydrogen) atoms. The molecular formula is C14H19N3O. The zero-order valence-corrected chi connectivity index (χ0v) is 10.9. The van der Waals surface area contributed by atoms with Crippen molar-refractivity contribution in [1.82, 2.24) is 14.9 Å². The third-order valence-corrected chi connectivity index (χ3v) is 3.70. The monoisotopic (exact) mass is 245 g/mol. The van der Waals surface area contributed by atoms with Gasteiger partial charge in [-0.3, -0.25) is 0 Å². The number of hydrogen-bond acceptors (Lipinski definition) is 3. The molecule has 1 aliphatic rings. The minimum atomic E-state index is 0.193. The summed E-state index contributed by atoms with van der Waals surface area (Å²) < 4.78 is 7.93. The number of aryl methyl sites for hydroxylation is 1. The molecule has 0 amide bonds. The van der Waals surface area contributed by atoms with Gasteiger partial charge in [0.15, 0.2) is 0 Å². The first-order valence-corrected chi connectivity index (χ1v) is 6.57. The predicted octanol–water partition coefficient (Wildman–Crippen LogP) is 2.82. The van der Waals surface area contributed by atoms with Crippen LogP contribution in [0.3, 0.4) is 0 Å². The maximum atomic E-state index is 5.72. The van der Waals surface area contributed by atoms with Gasteiger partial charge in [-0.1, -0.05) is 0 Å². The molecule has 0 aliphatic carbocycles. The van der Waals surface area contributed by atoms with Gasteiger partial charge in [-0.15, -0.1) is 0 Å². The molecule has 1 unspecified atom stereocenters. The maximum absolute atomic E-state index is 5.72. The SMILES string of the molecule is Cc1ccc(C(C)n2cncc2[C@@H]2CCCN2)o1. The third-order valence-electron chi connectivity index (χ3n) is 3.70. The lowest BCUT2D eigenvalue weighted by molar-refractivity contribution is 0.416. The van der Waals surface area contributed by atoms with Gasteiger partial charge >= 0.3 is 0 Å². The number of furan rings is 1.